The summed E-state index contributed by atoms with van der Waals surface area (Å²) in [5.74, 6) is 2.86. The van der Waals surface area contributed by atoms with Gasteiger partial charge >= 0.3 is 0 Å². The summed E-state index contributed by atoms with van der Waals surface area (Å²) in [5, 5.41) is 8.62. The highest BCUT2D eigenvalue weighted by atomic mass is 16.3. The predicted octanol–water partition coefficient (Wildman–Crippen LogP) is 5.19. The molecule has 4 aromatic rings. The van der Waals surface area contributed by atoms with Crippen LogP contribution in [0.15, 0.2) is 77.7 Å². The number of pyridine rings is 2. The molecule has 7 rings (SSSR count). The maximum atomic E-state index is 12.4. The largest absolute Gasteiger partial charge is 0.459 e. The smallest absolute Gasteiger partial charge is 0.287 e. The zero-order valence-electron chi connectivity index (χ0n) is 29.8. The van der Waals surface area contributed by atoms with Crippen molar-refractivity contribution in [1.82, 2.24) is 40.4 Å². The molecule has 51 heavy (non-hydrogen) atoms. The molecule has 4 aromatic heterocycles. The van der Waals surface area contributed by atoms with Crippen molar-refractivity contribution >= 4 is 23.5 Å². The summed E-state index contributed by atoms with van der Waals surface area (Å²) in [7, 11) is 0. The molecule has 3 fully saturated rings. The van der Waals surface area contributed by atoms with Crippen molar-refractivity contribution in [3.63, 3.8) is 0 Å². The number of carbonyl (C=O) groups is 3. The topological polar surface area (TPSA) is 158 Å². The van der Waals surface area contributed by atoms with Crippen molar-refractivity contribution < 1.29 is 23.1 Å². The van der Waals surface area contributed by atoms with Gasteiger partial charge in [-0.1, -0.05) is 32.4 Å². The Morgan fingerprint density at radius 2 is 1.65 bits per heavy atom. The van der Waals surface area contributed by atoms with E-state index in [1.807, 2.05) is 49.9 Å². The molecule has 3 unspecified atom stereocenters. The standard InChI is InChI=1S/C19H26N4O2.C17H17N5O2.C2H6.3H2/c24-18(13-21-19(25)16-3-1-2-6-20-16)23-9-7-22(8-10-23)17-12-14-4-5-15(17)11-14;1-12-11-15(22-16(21-12)13-5-2-3-7-18-13)19-8-9-20-17(23)14-6-4-10-24-14;1-2;;;/h1-3,6,14-15,17H,4-5,7-13H2,(H,21,25);2-7,10-11H,8-9H2,1H3,(H,20,23)(H,19,21,22);1-2H3;3*1H. The lowest BCUT2D eigenvalue weighted by Crippen LogP contribution is -2.54. The monoisotopic (exact) mass is 701 g/mol. The fourth-order valence-electron chi connectivity index (χ4n) is 6.95. The number of rotatable bonds is 10. The third-order valence-electron chi connectivity index (χ3n) is 9.34. The molecule has 13 heteroatoms. The van der Waals surface area contributed by atoms with Crippen LogP contribution in [0.4, 0.5) is 5.82 Å². The molecule has 3 aliphatic rings. The fraction of sp³-hybridized carbons (Fsp3) is 0.447. The fourth-order valence-corrected chi connectivity index (χ4v) is 6.95. The van der Waals surface area contributed by atoms with Crippen molar-refractivity contribution in [3.05, 3.63) is 90.4 Å². The van der Waals surface area contributed by atoms with Crippen molar-refractivity contribution in [2.24, 2.45) is 11.8 Å². The number of aromatic nitrogens is 4. The van der Waals surface area contributed by atoms with Crippen molar-refractivity contribution in [2.45, 2.75) is 52.5 Å². The van der Waals surface area contributed by atoms with E-state index in [-0.39, 0.29) is 28.5 Å². The summed E-state index contributed by atoms with van der Waals surface area (Å²) in [5.41, 5.74) is 1.90. The normalized spacial score (nSPS) is 19.2. The lowest BCUT2D eigenvalue weighted by Gasteiger charge is -2.41. The zero-order valence-corrected chi connectivity index (χ0v) is 29.8. The zero-order chi connectivity index (χ0) is 36.0. The maximum absolute atomic E-state index is 12.4. The molecule has 3 N–H and O–H groups in total. The minimum atomic E-state index is -0.297. The van der Waals surface area contributed by atoms with E-state index >= 15 is 0 Å². The second kappa shape index (κ2) is 18.7. The van der Waals surface area contributed by atoms with E-state index < -0.39 is 0 Å². The number of amides is 3. The summed E-state index contributed by atoms with van der Waals surface area (Å²) in [6.07, 6.45) is 10.4. The highest BCUT2D eigenvalue weighted by molar-refractivity contribution is 5.94. The van der Waals surface area contributed by atoms with Gasteiger partial charge in [0.05, 0.1) is 12.8 Å². The number of furan rings is 1. The molecule has 276 valence electrons. The van der Waals surface area contributed by atoms with Gasteiger partial charge in [-0.05, 0) is 74.4 Å². The van der Waals surface area contributed by atoms with Crippen LogP contribution in [0.2, 0.25) is 0 Å². The Bertz CT molecular complexity index is 1700. The summed E-state index contributed by atoms with van der Waals surface area (Å²) in [4.78, 5) is 57.7. The quantitative estimate of drug-likeness (QED) is 0.188. The number of nitrogens with zero attached hydrogens (tertiary/aromatic N) is 6. The summed E-state index contributed by atoms with van der Waals surface area (Å²) < 4.78 is 5.03. The number of carbonyl (C=O) groups excluding carboxylic acids is 3. The van der Waals surface area contributed by atoms with Crippen LogP contribution < -0.4 is 16.0 Å². The van der Waals surface area contributed by atoms with Crippen molar-refractivity contribution in [2.75, 3.05) is 51.1 Å². The Morgan fingerprint density at radius 3 is 2.29 bits per heavy atom. The first-order valence-corrected chi connectivity index (χ1v) is 18.0. The minimum Gasteiger partial charge on any atom is -0.459 e. The molecule has 3 atom stereocenters. The molecule has 5 heterocycles. The summed E-state index contributed by atoms with van der Waals surface area (Å²) in [6, 6.07) is 16.7. The Kier molecular flexibility index (Phi) is 13.6. The third-order valence-corrected chi connectivity index (χ3v) is 9.34. The first-order chi connectivity index (χ1) is 24.9. The molecule has 1 saturated heterocycles. The number of fused-ring (bicyclic) bond motifs is 2. The second-order valence-electron chi connectivity index (χ2n) is 12.6. The SMILES string of the molecule is CC.Cc1cc(NCCNC(=O)c2ccco2)nc(-c2ccccn2)n1.O=C(NCC(=O)N1CCN(C2CC3CCC2C3)CC1)c1ccccn1.[HH].[HH].[HH]. The molecule has 0 radical (unpaired) electrons. The Hall–Kier alpha value is -5.17. The minimum absolute atomic E-state index is 0. The average molecular weight is 702 g/mol. The van der Waals surface area contributed by atoms with Crippen LogP contribution in [0.3, 0.4) is 0 Å². The molecule has 13 nitrogen and oxygen atoms in total. The molecule has 2 aliphatic carbocycles. The van der Waals surface area contributed by atoms with Gasteiger partial charge in [0.25, 0.3) is 11.8 Å². The summed E-state index contributed by atoms with van der Waals surface area (Å²) in [6.45, 7) is 10.4. The maximum Gasteiger partial charge on any atom is 0.287 e. The molecule has 0 aromatic carbocycles. The lowest BCUT2D eigenvalue weighted by molar-refractivity contribution is -0.132. The van der Waals surface area contributed by atoms with Gasteiger partial charge in [0, 0.05) is 73.7 Å². The van der Waals surface area contributed by atoms with E-state index in [0.29, 0.717) is 36.2 Å². The van der Waals surface area contributed by atoms with Gasteiger partial charge in [-0.15, -0.1) is 0 Å². The number of nitrogens with one attached hydrogen (secondary N) is 3. The van der Waals surface area contributed by atoms with Gasteiger partial charge in [-0.2, -0.15) is 0 Å². The summed E-state index contributed by atoms with van der Waals surface area (Å²) >= 11 is 0. The van der Waals surface area contributed by atoms with Crippen LogP contribution in [0.5, 0.6) is 0 Å². The first-order valence-electron chi connectivity index (χ1n) is 18.0. The van der Waals surface area contributed by atoms with E-state index in [0.717, 1.165) is 55.4 Å². The van der Waals surface area contributed by atoms with E-state index in [4.69, 9.17) is 4.42 Å². The third kappa shape index (κ3) is 10.4. The van der Waals surface area contributed by atoms with Crippen LogP contribution in [0, 0.1) is 18.8 Å². The highest BCUT2D eigenvalue weighted by Crippen LogP contribution is 2.46. The van der Waals surface area contributed by atoms with Crippen LogP contribution in [-0.2, 0) is 4.79 Å². The first kappa shape index (κ1) is 37.1. The van der Waals surface area contributed by atoms with Gasteiger partial charge < -0.3 is 25.3 Å². The van der Waals surface area contributed by atoms with Crippen LogP contribution >= 0.6 is 0 Å². The van der Waals surface area contributed by atoms with Gasteiger partial charge in [0.1, 0.15) is 17.2 Å². The molecule has 1 aliphatic heterocycles. The lowest BCUT2D eigenvalue weighted by atomic mass is 9.93. The van der Waals surface area contributed by atoms with Crippen LogP contribution in [0.1, 0.15) is 70.5 Å². The molecule has 2 bridgehead atoms. The number of anilines is 1. The van der Waals surface area contributed by atoms with E-state index in [2.05, 4.69) is 40.8 Å². The Labute approximate surface area is 304 Å². The van der Waals surface area contributed by atoms with E-state index in [1.165, 1.54) is 31.9 Å². The molecule has 2 saturated carbocycles. The number of hydrogen-bond donors (Lipinski definition) is 3. The highest BCUT2D eigenvalue weighted by Gasteiger charge is 2.42. The number of aryl methyl sites for hydroxylation is 1. The predicted molar refractivity (Wildman–Crippen MR) is 201 cm³/mol. The van der Waals surface area contributed by atoms with Crippen LogP contribution in [0.25, 0.3) is 11.5 Å². The molecular formula is C38H55N9O4. The van der Waals surface area contributed by atoms with Gasteiger partial charge in [-0.25, -0.2) is 9.97 Å². The van der Waals surface area contributed by atoms with E-state index in [9.17, 15) is 14.4 Å². The second-order valence-corrected chi connectivity index (χ2v) is 12.6. The van der Waals surface area contributed by atoms with Crippen LogP contribution in [-0.4, -0.2) is 99.3 Å². The Balaban J connectivity index is 0.000000339. The number of piperazine rings is 1. The number of hydrogen-bond acceptors (Lipinski definition) is 10. The van der Waals surface area contributed by atoms with Crippen molar-refractivity contribution in [3.8, 4) is 11.5 Å². The van der Waals surface area contributed by atoms with Gasteiger partial charge in [-0.3, -0.25) is 29.3 Å². The van der Waals surface area contributed by atoms with Gasteiger partial charge in [0.15, 0.2) is 11.6 Å². The average Bonchev–Trinajstić information content (AvgIpc) is 3.98. The van der Waals surface area contributed by atoms with Crippen molar-refractivity contribution in [1.29, 1.82) is 0 Å². The molecule has 0 spiro atoms. The molecule has 3 amide bonds. The Morgan fingerprint density at radius 1 is 0.863 bits per heavy atom. The van der Waals surface area contributed by atoms with Gasteiger partial charge in [0.2, 0.25) is 5.91 Å². The molecular weight excluding hydrogens is 646 g/mol. The van der Waals surface area contributed by atoms with E-state index in [1.54, 1.807) is 42.7 Å².